The second-order valence-electron chi connectivity index (χ2n) is 3.79. The molecule has 1 atom stereocenters. The quantitative estimate of drug-likeness (QED) is 0.654. The predicted octanol–water partition coefficient (Wildman–Crippen LogP) is 0.0973. The van der Waals surface area contributed by atoms with E-state index in [0.29, 0.717) is 6.54 Å². The number of hydrogen-bond acceptors (Lipinski definition) is 3. The van der Waals surface area contributed by atoms with Crippen molar-refractivity contribution in [3.63, 3.8) is 0 Å². The van der Waals surface area contributed by atoms with E-state index in [-0.39, 0.29) is 18.0 Å². The number of likely N-dealkylation sites (N-methyl/N-ethyl adjacent to an activating group) is 1. The van der Waals surface area contributed by atoms with E-state index in [1.165, 1.54) is 0 Å². The summed E-state index contributed by atoms with van der Waals surface area (Å²) in [6.45, 7) is 4.24. The Labute approximate surface area is 94.3 Å². The smallest absolute Gasteiger partial charge is 0.319 e. The van der Waals surface area contributed by atoms with Crippen LogP contribution >= 0.6 is 11.6 Å². The number of urea groups is 1. The van der Waals surface area contributed by atoms with Gasteiger partial charge in [0.15, 0.2) is 0 Å². The Bertz CT molecular complexity index is 260. The van der Waals surface area contributed by atoms with Crippen LogP contribution in [0.15, 0.2) is 0 Å². The van der Waals surface area contributed by atoms with E-state index >= 15 is 0 Å². The minimum Gasteiger partial charge on any atom is -0.319 e. The van der Waals surface area contributed by atoms with Gasteiger partial charge in [-0.1, -0.05) is 0 Å². The Morgan fingerprint density at radius 3 is 2.67 bits per heavy atom. The number of rotatable bonds is 1. The summed E-state index contributed by atoms with van der Waals surface area (Å²) >= 11 is 5.30. The first-order valence-corrected chi connectivity index (χ1v) is 5.43. The summed E-state index contributed by atoms with van der Waals surface area (Å²) in [4.78, 5) is 26.3. The molecular formula is C9H16ClN3O2. The monoisotopic (exact) mass is 233 g/mol. The number of nitrogens with zero attached hydrogens (tertiary/aromatic N) is 2. The second-order valence-corrected chi connectivity index (χ2v) is 4.06. The molecule has 5 nitrogen and oxygen atoms in total. The lowest BCUT2D eigenvalue weighted by molar-refractivity contribution is -0.117. The number of carbonyl (C=O) groups is 2. The fraction of sp³-hybridized carbons (Fsp3) is 0.778. The van der Waals surface area contributed by atoms with Crippen molar-refractivity contribution in [1.82, 2.24) is 15.1 Å². The summed E-state index contributed by atoms with van der Waals surface area (Å²) < 4.78 is 0. The fourth-order valence-electron chi connectivity index (χ4n) is 1.67. The molecule has 15 heavy (non-hydrogen) atoms. The number of carbonyl (C=O) groups excluding carboxylic acids is 2. The van der Waals surface area contributed by atoms with Crippen molar-refractivity contribution in [2.24, 2.45) is 0 Å². The van der Waals surface area contributed by atoms with Gasteiger partial charge in [-0.15, -0.1) is 11.6 Å². The van der Waals surface area contributed by atoms with Crippen LogP contribution in [0.4, 0.5) is 4.79 Å². The predicted molar refractivity (Wildman–Crippen MR) is 57.9 cm³/mol. The number of alkyl halides is 1. The maximum absolute atomic E-state index is 11.6. The Kier molecular flexibility index (Phi) is 4.35. The van der Waals surface area contributed by atoms with Gasteiger partial charge in [-0.2, -0.15) is 0 Å². The van der Waals surface area contributed by atoms with Crippen LogP contribution in [0, 0.1) is 0 Å². The zero-order valence-corrected chi connectivity index (χ0v) is 9.75. The minimum absolute atomic E-state index is 0.117. The second kappa shape index (κ2) is 5.32. The van der Waals surface area contributed by atoms with E-state index in [1.54, 1.807) is 4.90 Å². The molecular weight excluding hydrogens is 218 g/mol. The van der Waals surface area contributed by atoms with Gasteiger partial charge in [0, 0.05) is 25.7 Å². The maximum Gasteiger partial charge on any atom is 0.324 e. The van der Waals surface area contributed by atoms with Crippen LogP contribution in [0.5, 0.6) is 0 Å². The molecule has 1 N–H and O–H groups in total. The van der Waals surface area contributed by atoms with Crippen LogP contribution < -0.4 is 5.32 Å². The zero-order valence-electron chi connectivity index (χ0n) is 8.99. The van der Waals surface area contributed by atoms with Gasteiger partial charge in [-0.05, 0) is 14.0 Å². The lowest BCUT2D eigenvalue weighted by Gasteiger charge is -2.37. The first-order valence-electron chi connectivity index (χ1n) is 4.89. The average Bonchev–Trinajstić information content (AvgIpc) is 2.17. The van der Waals surface area contributed by atoms with Gasteiger partial charge in [0.05, 0.1) is 0 Å². The lowest BCUT2D eigenvalue weighted by Crippen LogP contribution is -2.56. The molecule has 1 unspecified atom stereocenters. The lowest BCUT2D eigenvalue weighted by atomic mass is 10.2. The molecule has 0 aromatic rings. The highest BCUT2D eigenvalue weighted by Gasteiger charge is 2.26. The molecule has 0 aromatic carbocycles. The van der Waals surface area contributed by atoms with Crippen LogP contribution in [-0.2, 0) is 4.79 Å². The number of nitrogens with one attached hydrogen (secondary N) is 1. The summed E-state index contributed by atoms with van der Waals surface area (Å²) in [6, 6.07) is -0.229. The third-order valence-corrected chi connectivity index (χ3v) is 2.70. The van der Waals surface area contributed by atoms with Crippen LogP contribution in [-0.4, -0.2) is 60.3 Å². The van der Waals surface area contributed by atoms with E-state index in [1.807, 2.05) is 14.0 Å². The van der Waals surface area contributed by atoms with Crippen molar-refractivity contribution < 1.29 is 9.59 Å². The molecule has 1 aliphatic heterocycles. The van der Waals surface area contributed by atoms with Crippen molar-refractivity contribution in [3.8, 4) is 0 Å². The van der Waals surface area contributed by atoms with Crippen molar-refractivity contribution in [1.29, 1.82) is 0 Å². The van der Waals surface area contributed by atoms with Gasteiger partial charge in [0.25, 0.3) is 0 Å². The maximum atomic E-state index is 11.6. The number of piperazine rings is 1. The van der Waals surface area contributed by atoms with Crippen LogP contribution in [0.2, 0.25) is 0 Å². The van der Waals surface area contributed by atoms with Gasteiger partial charge >= 0.3 is 6.03 Å². The number of halogens is 1. The highest BCUT2D eigenvalue weighted by Crippen LogP contribution is 2.07. The molecule has 0 bridgehead atoms. The third kappa shape index (κ3) is 3.35. The van der Waals surface area contributed by atoms with Gasteiger partial charge in [0.2, 0.25) is 5.91 Å². The largest absolute Gasteiger partial charge is 0.324 e. The van der Waals surface area contributed by atoms with Crippen molar-refractivity contribution >= 4 is 23.5 Å². The molecule has 86 valence electrons. The molecule has 1 rings (SSSR count). The summed E-state index contributed by atoms with van der Waals surface area (Å²) in [5.74, 6) is -0.638. The molecule has 1 fully saturated rings. The minimum atomic E-state index is -0.451. The van der Waals surface area contributed by atoms with Gasteiger partial charge in [-0.3, -0.25) is 10.1 Å². The van der Waals surface area contributed by atoms with Crippen molar-refractivity contribution in [2.45, 2.75) is 13.0 Å². The summed E-state index contributed by atoms with van der Waals surface area (Å²) in [7, 11) is 2.01. The molecule has 6 heteroatoms. The van der Waals surface area contributed by atoms with Crippen molar-refractivity contribution in [2.75, 3.05) is 32.6 Å². The van der Waals surface area contributed by atoms with Crippen LogP contribution in [0.3, 0.4) is 0 Å². The topological polar surface area (TPSA) is 52.6 Å². The molecule has 0 radical (unpaired) electrons. The SMILES string of the molecule is CC1CN(C)CCN1C(=O)NC(=O)CCl. The highest BCUT2D eigenvalue weighted by atomic mass is 35.5. The Morgan fingerprint density at radius 1 is 1.47 bits per heavy atom. The van der Waals surface area contributed by atoms with E-state index in [2.05, 4.69) is 10.2 Å². The number of imide groups is 1. The van der Waals surface area contributed by atoms with Crippen LogP contribution in [0.25, 0.3) is 0 Å². The Balaban J connectivity index is 2.49. The molecule has 1 aliphatic rings. The van der Waals surface area contributed by atoms with E-state index in [0.717, 1.165) is 13.1 Å². The molecule has 3 amide bonds. The summed E-state index contributed by atoms with van der Waals surface area (Å²) in [5, 5.41) is 2.24. The molecule has 0 saturated carbocycles. The zero-order chi connectivity index (χ0) is 11.4. The first kappa shape index (κ1) is 12.3. The Hall–Kier alpha value is -0.810. The van der Waals surface area contributed by atoms with Crippen LogP contribution in [0.1, 0.15) is 6.92 Å². The summed E-state index contributed by atoms with van der Waals surface area (Å²) in [5.41, 5.74) is 0. The first-order chi connectivity index (χ1) is 7.04. The normalized spacial score (nSPS) is 22.6. The average molecular weight is 234 g/mol. The fourth-order valence-corrected chi connectivity index (χ4v) is 1.73. The van der Waals surface area contributed by atoms with E-state index < -0.39 is 5.91 Å². The standard InChI is InChI=1S/C9H16ClN3O2/c1-7-6-12(2)3-4-13(7)9(15)11-8(14)5-10/h7H,3-6H2,1-2H3,(H,11,14,15). The molecule has 0 aliphatic carbocycles. The molecule has 1 saturated heterocycles. The Morgan fingerprint density at radius 2 is 2.13 bits per heavy atom. The van der Waals surface area contributed by atoms with Gasteiger partial charge < -0.3 is 9.80 Å². The molecule has 0 aromatic heterocycles. The summed E-state index contributed by atoms with van der Waals surface area (Å²) in [6.07, 6.45) is 0. The molecule has 1 heterocycles. The van der Waals surface area contributed by atoms with Gasteiger partial charge in [0.1, 0.15) is 5.88 Å². The van der Waals surface area contributed by atoms with Gasteiger partial charge in [-0.25, -0.2) is 4.79 Å². The van der Waals surface area contributed by atoms with E-state index in [9.17, 15) is 9.59 Å². The molecule has 0 spiro atoms. The number of hydrogen-bond donors (Lipinski definition) is 1. The number of amides is 3. The third-order valence-electron chi connectivity index (χ3n) is 2.46. The van der Waals surface area contributed by atoms with Crippen molar-refractivity contribution in [3.05, 3.63) is 0 Å². The highest BCUT2D eigenvalue weighted by molar-refractivity contribution is 6.28. The van der Waals surface area contributed by atoms with E-state index in [4.69, 9.17) is 11.6 Å².